The maximum Gasteiger partial charge on any atom is 0.318 e. The number of benzene rings is 1. The lowest BCUT2D eigenvalue weighted by molar-refractivity contribution is -0.128. The van der Waals surface area contributed by atoms with Crippen molar-refractivity contribution in [1.82, 2.24) is 24.8 Å². The first-order valence-electron chi connectivity index (χ1n) is 16.8. The normalized spacial score (nSPS) is 20.2. The molecule has 12 nitrogen and oxygen atoms in total. The average Bonchev–Trinajstić information content (AvgIpc) is 3.95. The standard InChI is InChI=1S/C35H41FN8O4/c1-37-21-26-23-43(12-13-44(26)32(45)6-3-10-41-14-16-46-17-15-41)34-28-9-11-42(31-22-38-20-25-4-2-5-29(36)33(25)31)24-30(28)39-35(40-34)48-19-18-47-27-7-8-27/h2-6,20,22,26-27H,7-19,21,23-24H2/b6-3+/t26-/m0/s1. The lowest BCUT2D eigenvalue weighted by Crippen LogP contribution is -2.56. The van der Waals surface area contributed by atoms with E-state index in [-0.39, 0.29) is 30.3 Å². The van der Waals surface area contributed by atoms with Crippen molar-refractivity contribution in [2.75, 3.05) is 88.6 Å². The average molecular weight is 657 g/mol. The first kappa shape index (κ1) is 32.2. The molecule has 1 aromatic carbocycles. The van der Waals surface area contributed by atoms with E-state index in [4.69, 9.17) is 30.8 Å². The van der Waals surface area contributed by atoms with Gasteiger partial charge in [0.2, 0.25) is 12.5 Å². The number of carbonyl (C=O) groups is 1. The molecule has 1 saturated carbocycles. The number of amides is 1. The van der Waals surface area contributed by atoms with E-state index in [1.165, 1.54) is 6.07 Å². The highest BCUT2D eigenvalue weighted by molar-refractivity contribution is 5.94. The largest absolute Gasteiger partial charge is 0.461 e. The summed E-state index contributed by atoms with van der Waals surface area (Å²) >= 11 is 0. The topological polar surface area (TPSA) is 101 Å². The summed E-state index contributed by atoms with van der Waals surface area (Å²) in [5, 5.41) is 1.29. The Morgan fingerprint density at radius 1 is 1.08 bits per heavy atom. The predicted molar refractivity (Wildman–Crippen MR) is 179 cm³/mol. The van der Waals surface area contributed by atoms with Crippen molar-refractivity contribution in [3.05, 3.63) is 71.2 Å². The number of fused-ring (bicyclic) bond motifs is 2. The van der Waals surface area contributed by atoms with E-state index in [1.807, 2.05) is 17.0 Å². The molecule has 0 unspecified atom stereocenters. The van der Waals surface area contributed by atoms with Crippen LogP contribution >= 0.6 is 0 Å². The molecule has 2 aromatic heterocycles. The summed E-state index contributed by atoms with van der Waals surface area (Å²) in [7, 11) is 0. The van der Waals surface area contributed by atoms with Crippen LogP contribution in [-0.4, -0.2) is 122 Å². The zero-order valence-corrected chi connectivity index (χ0v) is 27.1. The van der Waals surface area contributed by atoms with E-state index < -0.39 is 0 Å². The van der Waals surface area contributed by atoms with Crippen LogP contribution in [0.3, 0.4) is 0 Å². The smallest absolute Gasteiger partial charge is 0.318 e. The Balaban J connectivity index is 1.11. The Hall–Kier alpha value is -4.38. The van der Waals surface area contributed by atoms with Gasteiger partial charge in [-0.3, -0.25) is 14.7 Å². The van der Waals surface area contributed by atoms with E-state index in [0.29, 0.717) is 83.6 Å². The number of rotatable bonds is 11. The molecule has 4 aliphatic rings. The van der Waals surface area contributed by atoms with Crippen molar-refractivity contribution in [3.8, 4) is 6.01 Å². The molecule has 0 bridgehead atoms. The number of carbonyl (C=O) groups excluding carboxylic acids is 1. The second-order valence-electron chi connectivity index (χ2n) is 12.6. The maximum absolute atomic E-state index is 15.1. The summed E-state index contributed by atoms with van der Waals surface area (Å²) in [4.78, 5) is 39.5. The number of aromatic nitrogens is 3. The fourth-order valence-electron chi connectivity index (χ4n) is 6.70. The molecule has 3 fully saturated rings. The van der Waals surface area contributed by atoms with Crippen LogP contribution in [-0.2, 0) is 27.2 Å². The zero-order chi connectivity index (χ0) is 32.9. The third-order valence-electron chi connectivity index (χ3n) is 9.36. The number of anilines is 2. The van der Waals surface area contributed by atoms with Crippen LogP contribution < -0.4 is 14.5 Å². The van der Waals surface area contributed by atoms with Gasteiger partial charge in [-0.25, -0.2) is 11.0 Å². The summed E-state index contributed by atoms with van der Waals surface area (Å²) in [5.41, 5.74) is 2.54. The van der Waals surface area contributed by atoms with Crippen molar-refractivity contribution in [3.63, 3.8) is 0 Å². The van der Waals surface area contributed by atoms with Crippen LogP contribution in [0.2, 0.25) is 0 Å². The van der Waals surface area contributed by atoms with Gasteiger partial charge < -0.3 is 33.8 Å². The first-order valence-corrected chi connectivity index (χ1v) is 16.8. The molecular formula is C35H41FN8O4. The van der Waals surface area contributed by atoms with Gasteiger partial charge in [0.25, 0.3) is 0 Å². The van der Waals surface area contributed by atoms with E-state index in [0.717, 1.165) is 54.1 Å². The van der Waals surface area contributed by atoms with Crippen molar-refractivity contribution in [2.45, 2.75) is 38.0 Å². The zero-order valence-electron chi connectivity index (χ0n) is 27.1. The van der Waals surface area contributed by atoms with E-state index >= 15 is 4.39 Å². The second kappa shape index (κ2) is 14.8. The van der Waals surface area contributed by atoms with Crippen LogP contribution in [0, 0.1) is 12.4 Å². The van der Waals surface area contributed by atoms with E-state index in [1.54, 1.807) is 24.5 Å². The monoisotopic (exact) mass is 656 g/mol. The molecule has 0 radical (unpaired) electrons. The lowest BCUT2D eigenvalue weighted by atomic mass is 10.0. The molecule has 0 N–H and O–H groups in total. The number of halogens is 1. The van der Waals surface area contributed by atoms with Gasteiger partial charge in [0.15, 0.2) is 0 Å². The number of piperazine rings is 1. The highest BCUT2D eigenvalue weighted by Gasteiger charge is 2.35. The van der Waals surface area contributed by atoms with Crippen LogP contribution in [0.1, 0.15) is 24.1 Å². The first-order chi connectivity index (χ1) is 23.6. The van der Waals surface area contributed by atoms with Gasteiger partial charge in [-0.05, 0) is 25.3 Å². The molecule has 0 spiro atoms. The predicted octanol–water partition coefficient (Wildman–Crippen LogP) is 3.11. The second-order valence-corrected chi connectivity index (χ2v) is 12.6. The number of hydrogen-bond acceptors (Lipinski definition) is 10. The van der Waals surface area contributed by atoms with Crippen molar-refractivity contribution < 1.29 is 23.4 Å². The molecular weight excluding hydrogens is 615 g/mol. The lowest BCUT2D eigenvalue weighted by Gasteiger charge is -2.41. The molecule has 1 amide bonds. The van der Waals surface area contributed by atoms with Gasteiger partial charge in [-0.1, -0.05) is 18.2 Å². The maximum atomic E-state index is 15.1. The molecule has 7 rings (SSSR count). The molecule has 48 heavy (non-hydrogen) atoms. The highest BCUT2D eigenvalue weighted by atomic mass is 19.1. The third-order valence-corrected chi connectivity index (χ3v) is 9.36. The van der Waals surface area contributed by atoms with Gasteiger partial charge >= 0.3 is 6.01 Å². The molecule has 3 aromatic rings. The minimum absolute atomic E-state index is 0.0764. The van der Waals surface area contributed by atoms with Crippen LogP contribution in [0.5, 0.6) is 6.01 Å². The van der Waals surface area contributed by atoms with Gasteiger partial charge in [0, 0.05) is 74.4 Å². The van der Waals surface area contributed by atoms with Crippen LogP contribution in [0.25, 0.3) is 15.6 Å². The Bertz CT molecular complexity index is 1680. The number of hydrogen-bond donors (Lipinski definition) is 0. The molecule has 1 atom stereocenters. The number of nitrogens with zero attached hydrogens (tertiary/aromatic N) is 8. The number of ether oxygens (including phenoxy) is 3. The number of pyridine rings is 1. The van der Waals surface area contributed by atoms with Crippen molar-refractivity contribution in [1.29, 1.82) is 0 Å². The Kier molecular flexibility index (Phi) is 9.92. The Labute approximate surface area is 279 Å². The summed E-state index contributed by atoms with van der Waals surface area (Å²) in [6, 6.07) is 5.01. The molecule has 252 valence electrons. The summed E-state index contributed by atoms with van der Waals surface area (Å²) in [6.07, 6.45) is 10.1. The Morgan fingerprint density at radius 3 is 2.79 bits per heavy atom. The molecule has 2 saturated heterocycles. The van der Waals surface area contributed by atoms with Gasteiger partial charge in [0.1, 0.15) is 24.3 Å². The fraction of sp³-hybridized carbons (Fsp3) is 0.514. The minimum atomic E-state index is -0.288. The summed E-state index contributed by atoms with van der Waals surface area (Å²) < 4.78 is 32.3. The third kappa shape index (κ3) is 7.36. The molecule has 1 aliphatic carbocycles. The quantitative estimate of drug-likeness (QED) is 0.174. The van der Waals surface area contributed by atoms with E-state index in [9.17, 15) is 4.79 Å². The SMILES string of the molecule is [C-]#[N+]C[C@H]1CN(c2nc(OCCOC3CC3)nc3c2CCN(c2cncc4cccc(F)c24)C3)CCN1C(=O)/C=C/CN1CCOCC1. The minimum Gasteiger partial charge on any atom is -0.461 e. The van der Waals surface area contributed by atoms with Crippen LogP contribution in [0.4, 0.5) is 15.9 Å². The van der Waals surface area contributed by atoms with E-state index in [2.05, 4.69) is 24.5 Å². The van der Waals surface area contributed by atoms with Gasteiger partial charge in [0.05, 0.1) is 50.0 Å². The molecule has 13 heteroatoms. The molecule has 3 aliphatic heterocycles. The number of morpholine rings is 1. The van der Waals surface area contributed by atoms with Gasteiger partial charge in [-0.2, -0.15) is 9.97 Å². The van der Waals surface area contributed by atoms with Crippen molar-refractivity contribution in [2.24, 2.45) is 0 Å². The highest BCUT2D eigenvalue weighted by Crippen LogP contribution is 2.35. The Morgan fingerprint density at radius 2 is 1.96 bits per heavy atom. The molecule has 5 heterocycles. The summed E-state index contributed by atoms with van der Waals surface area (Å²) in [5.74, 6) is 0.408. The van der Waals surface area contributed by atoms with Crippen molar-refractivity contribution >= 4 is 28.2 Å². The summed E-state index contributed by atoms with van der Waals surface area (Å²) in [6.45, 7) is 15.0. The van der Waals surface area contributed by atoms with Gasteiger partial charge in [-0.15, -0.1) is 0 Å². The fourth-order valence-corrected chi connectivity index (χ4v) is 6.70. The van der Waals surface area contributed by atoms with Crippen LogP contribution in [0.15, 0.2) is 42.7 Å².